The molecule has 0 fully saturated rings. The molecule has 0 saturated carbocycles. The van der Waals surface area contributed by atoms with Crippen LogP contribution < -0.4 is 10.3 Å². The van der Waals surface area contributed by atoms with Gasteiger partial charge in [-0.05, 0) is 13.0 Å². The van der Waals surface area contributed by atoms with Gasteiger partial charge in [-0.15, -0.1) is 0 Å². The number of aryl methyl sites for hydroxylation is 2. The van der Waals surface area contributed by atoms with Gasteiger partial charge in [-0.1, -0.05) is 0 Å². The van der Waals surface area contributed by atoms with E-state index in [0.717, 1.165) is 0 Å². The molecule has 0 radical (unpaired) electrons. The standard InChI is InChI=1S/C11H10F3N3O2/c1-6-15-9-7(3-4-8(18)17(9)2)10(16-6)19-5-11(12,13)14/h3-4H,5H2,1-2H3. The molecule has 2 aromatic heterocycles. The molecule has 2 rings (SSSR count). The lowest BCUT2D eigenvalue weighted by atomic mass is 10.3. The smallest absolute Gasteiger partial charge is 0.422 e. The molecule has 5 nitrogen and oxygen atoms in total. The van der Waals surface area contributed by atoms with Gasteiger partial charge in [0.25, 0.3) is 5.56 Å². The molecular weight excluding hydrogens is 263 g/mol. The summed E-state index contributed by atoms with van der Waals surface area (Å²) in [5, 5.41) is 0.261. The normalized spacial score (nSPS) is 11.8. The molecule has 0 unspecified atom stereocenters. The second-order valence-electron chi connectivity index (χ2n) is 3.95. The molecule has 0 aromatic carbocycles. The first-order valence-corrected chi connectivity index (χ1v) is 5.32. The summed E-state index contributed by atoms with van der Waals surface area (Å²) in [5.41, 5.74) is -0.0791. The lowest BCUT2D eigenvalue weighted by Crippen LogP contribution is -2.21. The molecule has 2 aromatic rings. The third kappa shape index (κ3) is 2.83. The van der Waals surface area contributed by atoms with Gasteiger partial charge < -0.3 is 4.74 Å². The number of pyridine rings is 1. The quantitative estimate of drug-likeness (QED) is 0.833. The lowest BCUT2D eigenvalue weighted by molar-refractivity contribution is -0.153. The van der Waals surface area contributed by atoms with Gasteiger partial charge in [0.1, 0.15) is 11.5 Å². The van der Waals surface area contributed by atoms with E-state index in [4.69, 9.17) is 0 Å². The molecule has 0 N–H and O–H groups in total. The summed E-state index contributed by atoms with van der Waals surface area (Å²) >= 11 is 0. The fourth-order valence-electron chi connectivity index (χ4n) is 1.57. The Kier molecular flexibility index (Phi) is 3.17. The summed E-state index contributed by atoms with van der Waals surface area (Å²) in [6.07, 6.45) is -4.45. The average Bonchev–Trinajstić information content (AvgIpc) is 2.30. The number of rotatable bonds is 2. The first kappa shape index (κ1) is 13.3. The first-order valence-electron chi connectivity index (χ1n) is 5.32. The van der Waals surface area contributed by atoms with Crippen LogP contribution in [0.1, 0.15) is 5.82 Å². The molecule has 102 valence electrons. The van der Waals surface area contributed by atoms with Crippen LogP contribution in [-0.2, 0) is 7.05 Å². The zero-order valence-corrected chi connectivity index (χ0v) is 10.2. The minimum Gasteiger partial charge on any atom is -0.467 e. The minimum atomic E-state index is -4.45. The summed E-state index contributed by atoms with van der Waals surface area (Å²) < 4.78 is 42.4. The Bertz CT molecular complexity index is 679. The molecule has 8 heteroatoms. The van der Waals surface area contributed by atoms with Gasteiger partial charge in [-0.25, -0.2) is 4.98 Å². The highest BCUT2D eigenvalue weighted by molar-refractivity contribution is 5.80. The third-order valence-corrected chi connectivity index (χ3v) is 2.42. The van der Waals surface area contributed by atoms with Crippen LogP contribution in [0.5, 0.6) is 5.88 Å². The number of hydrogen-bond donors (Lipinski definition) is 0. The van der Waals surface area contributed by atoms with E-state index in [-0.39, 0.29) is 28.3 Å². The number of halogens is 3. The van der Waals surface area contributed by atoms with Crippen molar-refractivity contribution in [2.75, 3.05) is 6.61 Å². The fourth-order valence-corrected chi connectivity index (χ4v) is 1.57. The molecule has 0 aliphatic carbocycles. The van der Waals surface area contributed by atoms with E-state index in [1.54, 1.807) is 0 Å². The van der Waals surface area contributed by atoms with E-state index in [2.05, 4.69) is 14.7 Å². The number of fused-ring (bicyclic) bond motifs is 1. The molecule has 0 bridgehead atoms. The van der Waals surface area contributed by atoms with Crippen molar-refractivity contribution in [3.05, 3.63) is 28.3 Å². The van der Waals surface area contributed by atoms with Crippen LogP contribution in [0.15, 0.2) is 16.9 Å². The summed E-state index contributed by atoms with van der Waals surface area (Å²) in [5.74, 6) is 0.0429. The van der Waals surface area contributed by atoms with Crippen molar-refractivity contribution < 1.29 is 17.9 Å². The summed E-state index contributed by atoms with van der Waals surface area (Å²) in [6.45, 7) is 0.0682. The van der Waals surface area contributed by atoms with Crippen molar-refractivity contribution in [3.8, 4) is 5.88 Å². The lowest BCUT2D eigenvalue weighted by Gasteiger charge is -2.12. The van der Waals surface area contributed by atoms with Crippen LogP contribution in [0, 0.1) is 6.92 Å². The Balaban J connectivity index is 2.55. The number of ether oxygens (including phenoxy) is 1. The predicted molar refractivity (Wildman–Crippen MR) is 61.1 cm³/mol. The number of aromatic nitrogens is 3. The van der Waals surface area contributed by atoms with Gasteiger partial charge in [-0.2, -0.15) is 18.2 Å². The van der Waals surface area contributed by atoms with Gasteiger partial charge in [0.15, 0.2) is 6.61 Å². The molecule has 0 atom stereocenters. The summed E-state index contributed by atoms with van der Waals surface area (Å²) in [4.78, 5) is 19.3. The maximum absolute atomic E-state index is 12.2. The molecule has 19 heavy (non-hydrogen) atoms. The van der Waals surface area contributed by atoms with Crippen molar-refractivity contribution in [1.82, 2.24) is 14.5 Å². The molecule has 0 spiro atoms. The second kappa shape index (κ2) is 4.52. The zero-order chi connectivity index (χ0) is 14.2. The Labute approximate surface area is 105 Å². The second-order valence-corrected chi connectivity index (χ2v) is 3.95. The summed E-state index contributed by atoms with van der Waals surface area (Å²) in [7, 11) is 1.48. The first-order chi connectivity index (χ1) is 8.78. The minimum absolute atomic E-state index is 0.185. The Hall–Kier alpha value is -2.12. The SMILES string of the molecule is Cc1nc(OCC(F)(F)F)c2ccc(=O)n(C)c2n1. The van der Waals surface area contributed by atoms with Gasteiger partial charge >= 0.3 is 6.18 Å². The topological polar surface area (TPSA) is 57.0 Å². The molecule has 0 saturated heterocycles. The van der Waals surface area contributed by atoms with E-state index in [9.17, 15) is 18.0 Å². The van der Waals surface area contributed by atoms with Gasteiger partial charge in [0, 0.05) is 13.1 Å². The van der Waals surface area contributed by atoms with Crippen molar-refractivity contribution in [2.24, 2.45) is 7.05 Å². The predicted octanol–water partition coefficient (Wildman–Crippen LogP) is 1.58. The number of alkyl halides is 3. The van der Waals surface area contributed by atoms with Crippen molar-refractivity contribution in [3.63, 3.8) is 0 Å². The van der Waals surface area contributed by atoms with E-state index < -0.39 is 12.8 Å². The van der Waals surface area contributed by atoms with Gasteiger partial charge in [0.05, 0.1) is 5.39 Å². The zero-order valence-electron chi connectivity index (χ0n) is 10.2. The van der Waals surface area contributed by atoms with E-state index >= 15 is 0 Å². The average molecular weight is 273 g/mol. The van der Waals surface area contributed by atoms with Gasteiger partial charge in [-0.3, -0.25) is 9.36 Å². The molecule has 0 aliphatic rings. The van der Waals surface area contributed by atoms with Crippen LogP contribution in [0.25, 0.3) is 11.0 Å². The largest absolute Gasteiger partial charge is 0.467 e. The maximum Gasteiger partial charge on any atom is 0.422 e. The van der Waals surface area contributed by atoms with E-state index in [0.29, 0.717) is 0 Å². The highest BCUT2D eigenvalue weighted by Crippen LogP contribution is 2.23. The van der Waals surface area contributed by atoms with E-state index in [1.165, 1.54) is 30.7 Å². The highest BCUT2D eigenvalue weighted by atomic mass is 19.4. The van der Waals surface area contributed by atoms with Crippen LogP contribution in [-0.4, -0.2) is 27.3 Å². The highest BCUT2D eigenvalue weighted by Gasteiger charge is 2.29. The monoisotopic (exact) mass is 273 g/mol. The maximum atomic E-state index is 12.2. The van der Waals surface area contributed by atoms with Crippen LogP contribution in [0.3, 0.4) is 0 Å². The number of nitrogens with zero attached hydrogens (tertiary/aromatic N) is 3. The molecule has 0 amide bonds. The van der Waals surface area contributed by atoms with Crippen LogP contribution in [0.2, 0.25) is 0 Å². The van der Waals surface area contributed by atoms with Crippen LogP contribution >= 0.6 is 0 Å². The van der Waals surface area contributed by atoms with Crippen molar-refractivity contribution >= 4 is 11.0 Å². The molecule has 2 heterocycles. The summed E-state index contributed by atoms with van der Waals surface area (Å²) in [6, 6.07) is 2.57. The molecular formula is C11H10F3N3O2. The van der Waals surface area contributed by atoms with E-state index in [1.807, 2.05) is 0 Å². The third-order valence-electron chi connectivity index (χ3n) is 2.42. The fraction of sp³-hybridized carbons (Fsp3) is 0.364. The Morgan fingerprint density at radius 2 is 2.00 bits per heavy atom. The Morgan fingerprint density at radius 3 is 2.63 bits per heavy atom. The van der Waals surface area contributed by atoms with Crippen molar-refractivity contribution in [2.45, 2.75) is 13.1 Å². The Morgan fingerprint density at radius 1 is 1.32 bits per heavy atom. The van der Waals surface area contributed by atoms with Crippen molar-refractivity contribution in [1.29, 1.82) is 0 Å². The molecule has 0 aliphatic heterocycles. The number of hydrogen-bond acceptors (Lipinski definition) is 4. The van der Waals surface area contributed by atoms with Gasteiger partial charge in [0.2, 0.25) is 5.88 Å². The van der Waals surface area contributed by atoms with Crippen LogP contribution in [0.4, 0.5) is 13.2 Å².